The molecule has 5 nitrogen and oxygen atoms in total. The molecule has 21 heavy (non-hydrogen) atoms. The zero-order valence-corrected chi connectivity index (χ0v) is 12.6. The molecule has 0 radical (unpaired) electrons. The van der Waals surface area contributed by atoms with Crippen molar-refractivity contribution in [3.8, 4) is 0 Å². The first-order valence-electron chi connectivity index (χ1n) is 6.70. The molecule has 0 aromatic carbocycles. The van der Waals surface area contributed by atoms with Crippen molar-refractivity contribution in [2.45, 2.75) is 57.9 Å². The number of ether oxygens (including phenoxy) is 1. The van der Waals surface area contributed by atoms with Gasteiger partial charge in [-0.1, -0.05) is 0 Å². The van der Waals surface area contributed by atoms with Gasteiger partial charge in [-0.15, -0.1) is 0 Å². The number of hydrogen-bond donors (Lipinski definition) is 1. The molecule has 1 saturated heterocycles. The van der Waals surface area contributed by atoms with Gasteiger partial charge in [-0.2, -0.15) is 13.2 Å². The number of rotatable bonds is 1. The van der Waals surface area contributed by atoms with E-state index in [4.69, 9.17) is 4.74 Å². The van der Waals surface area contributed by atoms with Crippen molar-refractivity contribution < 1.29 is 27.5 Å². The Balaban J connectivity index is 2.55. The minimum absolute atomic E-state index is 0.240. The van der Waals surface area contributed by atoms with Crippen molar-refractivity contribution in [1.29, 1.82) is 0 Å². The normalized spacial score (nSPS) is 19.1. The average molecular weight is 310 g/mol. The Hall–Kier alpha value is -1.47. The van der Waals surface area contributed by atoms with Gasteiger partial charge in [0.15, 0.2) is 0 Å². The van der Waals surface area contributed by atoms with Gasteiger partial charge in [0, 0.05) is 18.6 Å². The third-order valence-corrected chi connectivity index (χ3v) is 3.19. The van der Waals surface area contributed by atoms with Crippen LogP contribution in [0.4, 0.5) is 18.0 Å². The van der Waals surface area contributed by atoms with Crippen LogP contribution < -0.4 is 5.32 Å². The van der Waals surface area contributed by atoms with Gasteiger partial charge in [0.1, 0.15) is 5.60 Å². The molecule has 0 spiro atoms. The number of nitrogens with zero attached hydrogens (tertiary/aromatic N) is 1. The molecule has 8 heteroatoms. The summed E-state index contributed by atoms with van der Waals surface area (Å²) >= 11 is 0. The van der Waals surface area contributed by atoms with E-state index in [2.05, 4.69) is 0 Å². The van der Waals surface area contributed by atoms with E-state index in [1.54, 1.807) is 27.7 Å². The highest BCUT2D eigenvalue weighted by Gasteiger charge is 2.43. The number of hydrogen-bond acceptors (Lipinski definition) is 3. The van der Waals surface area contributed by atoms with Gasteiger partial charge < -0.3 is 15.0 Å². The van der Waals surface area contributed by atoms with Crippen LogP contribution in [-0.4, -0.2) is 47.3 Å². The second-order valence-electron chi connectivity index (χ2n) is 6.48. The summed E-state index contributed by atoms with van der Waals surface area (Å²) in [6.45, 7) is 7.24. The summed E-state index contributed by atoms with van der Waals surface area (Å²) in [7, 11) is 0. The van der Waals surface area contributed by atoms with Gasteiger partial charge in [-0.3, -0.25) is 4.79 Å². The van der Waals surface area contributed by atoms with Crippen LogP contribution >= 0.6 is 0 Å². The first-order valence-corrected chi connectivity index (χ1v) is 6.70. The zero-order valence-electron chi connectivity index (χ0n) is 12.6. The maximum absolute atomic E-state index is 12.3. The summed E-state index contributed by atoms with van der Waals surface area (Å²) in [5.74, 6) is -1.95. The number of piperidine rings is 1. The molecule has 1 N–H and O–H groups in total. The van der Waals surface area contributed by atoms with E-state index in [9.17, 15) is 22.8 Å². The lowest BCUT2D eigenvalue weighted by molar-refractivity contribution is -0.176. The molecular weight excluding hydrogens is 289 g/mol. The number of amides is 2. The Labute approximate surface area is 121 Å². The minimum Gasteiger partial charge on any atom is -0.444 e. The number of carbonyl (C=O) groups excluding carboxylic acids is 2. The SMILES string of the molecule is CC1(NC(=O)C(F)(F)F)CCN(C(=O)OC(C)(C)C)CC1. The highest BCUT2D eigenvalue weighted by atomic mass is 19.4. The first-order chi connectivity index (χ1) is 9.32. The molecule has 122 valence electrons. The molecule has 2 amide bonds. The Bertz CT molecular complexity index is 408. The molecule has 1 heterocycles. The van der Waals surface area contributed by atoms with Gasteiger partial charge in [0.05, 0.1) is 0 Å². The van der Waals surface area contributed by atoms with Crippen molar-refractivity contribution in [1.82, 2.24) is 10.2 Å². The second-order valence-corrected chi connectivity index (χ2v) is 6.48. The smallest absolute Gasteiger partial charge is 0.444 e. The molecule has 0 aromatic heterocycles. The van der Waals surface area contributed by atoms with Gasteiger partial charge in [0.2, 0.25) is 0 Å². The lowest BCUT2D eigenvalue weighted by Crippen LogP contribution is -2.57. The van der Waals surface area contributed by atoms with Crippen molar-refractivity contribution in [3.05, 3.63) is 0 Å². The van der Waals surface area contributed by atoms with Gasteiger partial charge in [-0.05, 0) is 40.5 Å². The summed E-state index contributed by atoms with van der Waals surface area (Å²) < 4.78 is 42.0. The first kappa shape index (κ1) is 17.6. The van der Waals surface area contributed by atoms with Crippen molar-refractivity contribution in [3.63, 3.8) is 0 Å². The maximum atomic E-state index is 12.3. The molecule has 0 aliphatic carbocycles. The van der Waals surface area contributed by atoms with Gasteiger partial charge in [0.25, 0.3) is 0 Å². The lowest BCUT2D eigenvalue weighted by Gasteiger charge is -2.40. The monoisotopic (exact) mass is 310 g/mol. The van der Waals surface area contributed by atoms with E-state index in [-0.39, 0.29) is 25.9 Å². The number of halogens is 3. The average Bonchev–Trinajstić information content (AvgIpc) is 2.25. The highest BCUT2D eigenvalue weighted by Crippen LogP contribution is 2.25. The fourth-order valence-electron chi connectivity index (χ4n) is 1.98. The highest BCUT2D eigenvalue weighted by molar-refractivity contribution is 5.82. The largest absolute Gasteiger partial charge is 0.471 e. The molecule has 1 aliphatic heterocycles. The van der Waals surface area contributed by atoms with Crippen LogP contribution in [0.15, 0.2) is 0 Å². The van der Waals surface area contributed by atoms with Crippen LogP contribution in [-0.2, 0) is 9.53 Å². The summed E-state index contributed by atoms with van der Waals surface area (Å²) in [6, 6.07) is 0. The van der Waals surface area contributed by atoms with E-state index in [0.29, 0.717) is 0 Å². The van der Waals surface area contributed by atoms with E-state index in [1.807, 2.05) is 5.32 Å². The van der Waals surface area contributed by atoms with Crippen LogP contribution in [0.1, 0.15) is 40.5 Å². The molecule has 1 aliphatic rings. The van der Waals surface area contributed by atoms with Crippen molar-refractivity contribution in [2.75, 3.05) is 13.1 Å². The molecule has 1 rings (SSSR count). The number of carbonyl (C=O) groups is 2. The zero-order chi connectivity index (χ0) is 16.5. The van der Waals surface area contributed by atoms with Crippen LogP contribution in [0.25, 0.3) is 0 Å². The topological polar surface area (TPSA) is 58.6 Å². The van der Waals surface area contributed by atoms with Gasteiger partial charge in [-0.25, -0.2) is 4.79 Å². The van der Waals surface area contributed by atoms with Crippen LogP contribution in [0.2, 0.25) is 0 Å². The minimum atomic E-state index is -4.90. The van der Waals surface area contributed by atoms with E-state index in [0.717, 1.165) is 0 Å². The molecule has 1 fully saturated rings. The molecule has 0 atom stereocenters. The Morgan fingerprint density at radius 1 is 1.14 bits per heavy atom. The quantitative estimate of drug-likeness (QED) is 0.809. The molecule has 0 unspecified atom stereocenters. The van der Waals surface area contributed by atoms with Crippen LogP contribution in [0.3, 0.4) is 0 Å². The predicted octanol–water partition coefficient (Wildman–Crippen LogP) is 2.45. The molecule has 0 bridgehead atoms. The summed E-state index contributed by atoms with van der Waals surface area (Å²) in [5, 5.41) is 2.00. The van der Waals surface area contributed by atoms with Gasteiger partial charge >= 0.3 is 18.2 Å². The van der Waals surface area contributed by atoms with Crippen LogP contribution in [0.5, 0.6) is 0 Å². The van der Waals surface area contributed by atoms with Crippen molar-refractivity contribution in [2.24, 2.45) is 0 Å². The predicted molar refractivity (Wildman–Crippen MR) is 69.6 cm³/mol. The molecule has 0 aromatic rings. The number of likely N-dealkylation sites (tertiary alicyclic amines) is 1. The Morgan fingerprint density at radius 2 is 1.62 bits per heavy atom. The lowest BCUT2D eigenvalue weighted by atomic mass is 9.89. The standard InChI is InChI=1S/C13H21F3N2O3/c1-11(2,3)21-10(20)18-7-5-12(4,6-8-18)17-9(19)13(14,15)16/h5-8H2,1-4H3,(H,17,19). The third kappa shape index (κ3) is 5.43. The Kier molecular flexibility index (Phi) is 4.80. The summed E-state index contributed by atoms with van der Waals surface area (Å²) in [5.41, 5.74) is -1.59. The van der Waals surface area contributed by atoms with E-state index < -0.39 is 29.3 Å². The second kappa shape index (κ2) is 5.73. The fourth-order valence-corrected chi connectivity index (χ4v) is 1.98. The summed E-state index contributed by atoms with van der Waals surface area (Å²) in [6.07, 6.45) is -4.90. The third-order valence-electron chi connectivity index (χ3n) is 3.19. The van der Waals surface area contributed by atoms with Crippen molar-refractivity contribution >= 4 is 12.0 Å². The molecule has 0 saturated carbocycles. The summed E-state index contributed by atoms with van der Waals surface area (Å²) in [4.78, 5) is 24.3. The Morgan fingerprint density at radius 3 is 2.00 bits per heavy atom. The maximum Gasteiger partial charge on any atom is 0.471 e. The number of nitrogens with one attached hydrogen (secondary N) is 1. The van der Waals surface area contributed by atoms with Crippen LogP contribution in [0, 0.1) is 0 Å². The molecular formula is C13H21F3N2O3. The van der Waals surface area contributed by atoms with E-state index in [1.165, 1.54) is 4.90 Å². The fraction of sp³-hybridized carbons (Fsp3) is 0.846. The van der Waals surface area contributed by atoms with E-state index >= 15 is 0 Å². The number of alkyl halides is 3.